The van der Waals surface area contributed by atoms with Crippen LogP contribution in [0.15, 0.2) is 77.7 Å². The normalized spacial score (nSPS) is 10.9. The predicted octanol–water partition coefficient (Wildman–Crippen LogP) is 4.83. The van der Waals surface area contributed by atoms with Gasteiger partial charge in [0, 0.05) is 17.6 Å². The SMILES string of the molecule is Cc1cccc(NC(=O)Nc2ccc(Oc3ccccc3)c(S(C)(=O)=O)c2)c1. The van der Waals surface area contributed by atoms with Crippen molar-refractivity contribution in [1.82, 2.24) is 0 Å². The van der Waals surface area contributed by atoms with E-state index in [2.05, 4.69) is 10.6 Å². The molecule has 0 saturated heterocycles. The van der Waals surface area contributed by atoms with E-state index in [-0.39, 0.29) is 10.6 Å². The maximum atomic E-state index is 12.2. The van der Waals surface area contributed by atoms with Crippen LogP contribution in [0.5, 0.6) is 11.5 Å². The zero-order valence-electron chi connectivity index (χ0n) is 15.5. The summed E-state index contributed by atoms with van der Waals surface area (Å²) < 4.78 is 30.1. The second kappa shape index (κ2) is 8.14. The summed E-state index contributed by atoms with van der Waals surface area (Å²) in [7, 11) is -3.57. The molecule has 3 aromatic rings. The van der Waals surface area contributed by atoms with Crippen LogP contribution < -0.4 is 15.4 Å². The highest BCUT2D eigenvalue weighted by atomic mass is 32.2. The molecule has 0 bridgehead atoms. The molecule has 0 radical (unpaired) electrons. The predicted molar refractivity (Wildman–Crippen MR) is 110 cm³/mol. The summed E-state index contributed by atoms with van der Waals surface area (Å²) >= 11 is 0. The van der Waals surface area contributed by atoms with Crippen molar-refractivity contribution in [1.29, 1.82) is 0 Å². The number of nitrogens with one attached hydrogen (secondary N) is 2. The zero-order valence-corrected chi connectivity index (χ0v) is 16.3. The van der Waals surface area contributed by atoms with Crippen LogP contribution in [0.2, 0.25) is 0 Å². The fourth-order valence-corrected chi connectivity index (χ4v) is 3.41. The van der Waals surface area contributed by atoms with E-state index >= 15 is 0 Å². The quantitative estimate of drug-likeness (QED) is 0.647. The van der Waals surface area contributed by atoms with E-state index in [0.717, 1.165) is 11.8 Å². The number of ether oxygens (including phenoxy) is 1. The molecule has 0 aliphatic rings. The van der Waals surface area contributed by atoms with Gasteiger partial charge in [0.15, 0.2) is 9.84 Å². The molecule has 3 aromatic carbocycles. The highest BCUT2D eigenvalue weighted by Gasteiger charge is 2.17. The Morgan fingerprint density at radius 2 is 1.54 bits per heavy atom. The molecular formula is C21H20N2O4S. The molecular weight excluding hydrogens is 376 g/mol. The Bertz CT molecular complexity index is 1100. The minimum Gasteiger partial charge on any atom is -0.456 e. The summed E-state index contributed by atoms with van der Waals surface area (Å²) in [5.41, 5.74) is 2.00. The van der Waals surface area contributed by atoms with Crippen molar-refractivity contribution in [2.24, 2.45) is 0 Å². The number of amides is 2. The number of carbonyl (C=O) groups excluding carboxylic acids is 1. The molecule has 0 spiro atoms. The first-order chi connectivity index (χ1) is 13.3. The number of hydrogen-bond acceptors (Lipinski definition) is 4. The van der Waals surface area contributed by atoms with Crippen LogP contribution >= 0.6 is 0 Å². The van der Waals surface area contributed by atoms with E-state index in [0.29, 0.717) is 17.1 Å². The summed E-state index contributed by atoms with van der Waals surface area (Å²) in [5, 5.41) is 5.36. The Balaban J connectivity index is 1.81. The molecule has 3 rings (SSSR count). The molecule has 0 aromatic heterocycles. The lowest BCUT2D eigenvalue weighted by Gasteiger charge is -2.13. The van der Waals surface area contributed by atoms with Crippen molar-refractivity contribution in [3.63, 3.8) is 0 Å². The van der Waals surface area contributed by atoms with Gasteiger partial charge in [-0.25, -0.2) is 13.2 Å². The number of anilines is 2. The monoisotopic (exact) mass is 396 g/mol. The third kappa shape index (κ3) is 5.11. The molecule has 144 valence electrons. The molecule has 7 heteroatoms. The molecule has 0 atom stereocenters. The molecule has 6 nitrogen and oxygen atoms in total. The fourth-order valence-electron chi connectivity index (χ4n) is 2.59. The first kappa shape index (κ1) is 19.4. The minimum absolute atomic E-state index is 0.00953. The number of para-hydroxylation sites is 1. The van der Waals surface area contributed by atoms with Gasteiger partial charge >= 0.3 is 6.03 Å². The third-order valence-electron chi connectivity index (χ3n) is 3.85. The number of carbonyl (C=O) groups is 1. The number of aryl methyl sites for hydroxylation is 1. The van der Waals surface area contributed by atoms with Gasteiger partial charge in [0.2, 0.25) is 0 Å². The zero-order chi connectivity index (χ0) is 20.1. The number of benzene rings is 3. The lowest BCUT2D eigenvalue weighted by atomic mass is 10.2. The minimum atomic E-state index is -3.57. The van der Waals surface area contributed by atoms with Crippen LogP contribution in [0, 0.1) is 6.92 Å². The highest BCUT2D eigenvalue weighted by Crippen LogP contribution is 2.31. The van der Waals surface area contributed by atoms with Crippen LogP contribution in [0.25, 0.3) is 0 Å². The first-order valence-corrected chi connectivity index (χ1v) is 10.4. The largest absolute Gasteiger partial charge is 0.456 e. The summed E-state index contributed by atoms with van der Waals surface area (Å²) in [4.78, 5) is 12.2. The first-order valence-electron chi connectivity index (χ1n) is 8.53. The van der Waals surface area contributed by atoms with Crippen LogP contribution in [0.1, 0.15) is 5.56 Å². The van der Waals surface area contributed by atoms with Gasteiger partial charge in [-0.05, 0) is 55.0 Å². The number of sulfone groups is 1. The van der Waals surface area contributed by atoms with E-state index in [4.69, 9.17) is 4.74 Å². The number of urea groups is 1. The molecule has 2 amide bonds. The lowest BCUT2D eigenvalue weighted by molar-refractivity contribution is 0.262. The molecule has 0 fully saturated rings. The maximum absolute atomic E-state index is 12.2. The molecule has 0 heterocycles. The van der Waals surface area contributed by atoms with Gasteiger partial charge in [-0.3, -0.25) is 0 Å². The van der Waals surface area contributed by atoms with Gasteiger partial charge in [0.05, 0.1) is 0 Å². The van der Waals surface area contributed by atoms with E-state index in [1.165, 1.54) is 12.1 Å². The van der Waals surface area contributed by atoms with E-state index in [9.17, 15) is 13.2 Å². The highest BCUT2D eigenvalue weighted by molar-refractivity contribution is 7.90. The smallest absolute Gasteiger partial charge is 0.323 e. The van der Waals surface area contributed by atoms with Gasteiger partial charge in [-0.15, -0.1) is 0 Å². The molecule has 0 unspecified atom stereocenters. The summed E-state index contributed by atoms with van der Waals surface area (Å²) in [6.45, 7) is 1.92. The van der Waals surface area contributed by atoms with Gasteiger partial charge in [0.1, 0.15) is 16.4 Å². The van der Waals surface area contributed by atoms with Gasteiger partial charge in [-0.1, -0.05) is 30.3 Å². The van der Waals surface area contributed by atoms with Crippen LogP contribution in [0.3, 0.4) is 0 Å². The average molecular weight is 396 g/mol. The van der Waals surface area contributed by atoms with Crippen LogP contribution in [-0.2, 0) is 9.84 Å². The topological polar surface area (TPSA) is 84.5 Å². The molecule has 0 saturated carbocycles. The van der Waals surface area contributed by atoms with Crippen molar-refractivity contribution in [2.75, 3.05) is 16.9 Å². The van der Waals surface area contributed by atoms with E-state index < -0.39 is 15.9 Å². The molecule has 0 aliphatic carbocycles. The van der Waals surface area contributed by atoms with Crippen molar-refractivity contribution in [3.8, 4) is 11.5 Å². The van der Waals surface area contributed by atoms with E-state index in [1.54, 1.807) is 36.4 Å². The number of rotatable bonds is 5. The number of hydrogen-bond donors (Lipinski definition) is 2. The Morgan fingerprint density at radius 1 is 0.857 bits per heavy atom. The molecule has 0 aliphatic heterocycles. The van der Waals surface area contributed by atoms with Crippen molar-refractivity contribution >= 4 is 27.2 Å². The Hall–Kier alpha value is -3.32. The summed E-state index contributed by atoms with van der Waals surface area (Å²) in [6.07, 6.45) is 1.09. The summed E-state index contributed by atoms with van der Waals surface area (Å²) in [5.74, 6) is 0.712. The Morgan fingerprint density at radius 3 is 2.18 bits per heavy atom. The maximum Gasteiger partial charge on any atom is 0.323 e. The molecule has 28 heavy (non-hydrogen) atoms. The van der Waals surface area contributed by atoms with Gasteiger partial charge in [0.25, 0.3) is 0 Å². The lowest BCUT2D eigenvalue weighted by Crippen LogP contribution is -2.19. The second-order valence-corrected chi connectivity index (χ2v) is 8.28. The van der Waals surface area contributed by atoms with Crippen LogP contribution in [0.4, 0.5) is 16.2 Å². The summed E-state index contributed by atoms with van der Waals surface area (Å²) in [6, 6.07) is 20.3. The van der Waals surface area contributed by atoms with Crippen molar-refractivity contribution in [2.45, 2.75) is 11.8 Å². The standard InChI is InChI=1S/C21H20N2O4S/c1-15-7-6-8-16(13-15)22-21(24)23-17-11-12-19(20(14-17)28(2,25)26)27-18-9-4-3-5-10-18/h3-14H,1-2H3,(H2,22,23,24). The Labute approximate surface area is 164 Å². The Kier molecular flexibility index (Phi) is 5.65. The van der Waals surface area contributed by atoms with E-state index in [1.807, 2.05) is 31.2 Å². The average Bonchev–Trinajstić information content (AvgIpc) is 2.63. The second-order valence-electron chi connectivity index (χ2n) is 6.30. The van der Waals surface area contributed by atoms with Crippen molar-refractivity contribution in [3.05, 3.63) is 78.4 Å². The van der Waals surface area contributed by atoms with Gasteiger partial charge in [-0.2, -0.15) is 0 Å². The van der Waals surface area contributed by atoms with Crippen molar-refractivity contribution < 1.29 is 17.9 Å². The molecule has 2 N–H and O–H groups in total. The van der Waals surface area contributed by atoms with Crippen LogP contribution in [-0.4, -0.2) is 20.7 Å². The fraction of sp³-hybridized carbons (Fsp3) is 0.0952. The third-order valence-corrected chi connectivity index (χ3v) is 4.97. The van der Waals surface area contributed by atoms with Gasteiger partial charge < -0.3 is 15.4 Å².